The molecular weight excluding hydrogens is 318 g/mol. The summed E-state index contributed by atoms with van der Waals surface area (Å²) < 4.78 is 5.97. The molecule has 2 fully saturated rings. The molecule has 1 aliphatic heterocycles. The van der Waals surface area contributed by atoms with Gasteiger partial charge >= 0.3 is 5.97 Å². The molecule has 2 unspecified atom stereocenters. The first-order valence-electron chi connectivity index (χ1n) is 9.18. The number of amides is 1. The third-order valence-electron chi connectivity index (χ3n) is 5.68. The number of aryl methyl sites for hydroxylation is 1. The maximum absolute atomic E-state index is 12.3. The molecule has 1 aromatic carbocycles. The zero-order valence-electron chi connectivity index (χ0n) is 14.8. The molecule has 0 bridgehead atoms. The number of ether oxygens (including phenoxy) is 1. The quantitative estimate of drug-likeness (QED) is 0.830. The Morgan fingerprint density at radius 2 is 1.96 bits per heavy atom. The fourth-order valence-corrected chi connectivity index (χ4v) is 3.86. The summed E-state index contributed by atoms with van der Waals surface area (Å²) in [6.07, 6.45) is 4.18. The summed E-state index contributed by atoms with van der Waals surface area (Å²) in [5.41, 5.74) is 1.53. The molecule has 2 N–H and O–H groups in total. The normalized spacial score (nSPS) is 25.0. The zero-order chi connectivity index (χ0) is 17.9. The van der Waals surface area contributed by atoms with Crippen LogP contribution in [0.25, 0.3) is 0 Å². The molecule has 1 saturated heterocycles. The van der Waals surface area contributed by atoms with Crippen molar-refractivity contribution in [1.82, 2.24) is 5.32 Å². The number of carboxylic acids is 1. The summed E-state index contributed by atoms with van der Waals surface area (Å²) in [5.74, 6) is -0.773. The first-order valence-corrected chi connectivity index (χ1v) is 9.18. The highest BCUT2D eigenvalue weighted by Crippen LogP contribution is 2.44. The lowest BCUT2D eigenvalue weighted by atomic mass is 9.66. The topological polar surface area (TPSA) is 75.6 Å². The van der Waals surface area contributed by atoms with Crippen LogP contribution in [-0.4, -0.2) is 30.1 Å². The smallest absolute Gasteiger partial charge is 0.310 e. The predicted octanol–water partition coefficient (Wildman–Crippen LogP) is 3.22. The van der Waals surface area contributed by atoms with Gasteiger partial charge in [0.25, 0.3) is 0 Å². The van der Waals surface area contributed by atoms with Crippen LogP contribution < -0.4 is 5.32 Å². The monoisotopic (exact) mass is 345 g/mol. The van der Waals surface area contributed by atoms with Crippen molar-refractivity contribution in [3.63, 3.8) is 0 Å². The standard InChI is InChI=1S/C20H27NO4/c1-14-5-7-15(8-6-14)18-16(4-2-11-25-18)13-21-17(22)12-20(19(23)24)9-3-10-20/h5-8,16,18H,2-4,9-13H2,1H3,(H,21,22)(H,23,24). The van der Waals surface area contributed by atoms with Gasteiger partial charge in [-0.1, -0.05) is 36.2 Å². The summed E-state index contributed by atoms with van der Waals surface area (Å²) >= 11 is 0. The number of carbonyl (C=O) groups excluding carboxylic acids is 1. The van der Waals surface area contributed by atoms with Gasteiger partial charge in [-0.05, 0) is 38.2 Å². The van der Waals surface area contributed by atoms with Crippen LogP contribution in [0.2, 0.25) is 0 Å². The molecular formula is C20H27NO4. The van der Waals surface area contributed by atoms with E-state index in [9.17, 15) is 14.7 Å². The summed E-state index contributed by atoms with van der Waals surface area (Å²) in [6.45, 7) is 3.33. The molecule has 3 rings (SSSR count). The Bertz CT molecular complexity index is 621. The fourth-order valence-electron chi connectivity index (χ4n) is 3.86. The van der Waals surface area contributed by atoms with Crippen LogP contribution in [0.5, 0.6) is 0 Å². The number of hydrogen-bond acceptors (Lipinski definition) is 3. The van der Waals surface area contributed by atoms with Crippen molar-refractivity contribution in [2.24, 2.45) is 11.3 Å². The van der Waals surface area contributed by atoms with Gasteiger partial charge in [0.1, 0.15) is 0 Å². The van der Waals surface area contributed by atoms with Gasteiger partial charge in [-0.3, -0.25) is 9.59 Å². The van der Waals surface area contributed by atoms with Crippen LogP contribution in [-0.2, 0) is 14.3 Å². The number of hydrogen-bond donors (Lipinski definition) is 2. The SMILES string of the molecule is Cc1ccc(C2OCCCC2CNC(=O)CC2(C(=O)O)CCC2)cc1. The van der Waals surface area contributed by atoms with Gasteiger partial charge in [0, 0.05) is 25.5 Å². The lowest BCUT2D eigenvalue weighted by Crippen LogP contribution is -2.44. The molecule has 1 aliphatic carbocycles. The van der Waals surface area contributed by atoms with Gasteiger partial charge in [0.2, 0.25) is 5.91 Å². The molecule has 2 aliphatic rings. The molecule has 1 aromatic rings. The average molecular weight is 345 g/mol. The van der Waals surface area contributed by atoms with E-state index in [1.54, 1.807) is 0 Å². The Labute approximate surface area is 148 Å². The summed E-state index contributed by atoms with van der Waals surface area (Å²) in [4.78, 5) is 23.7. The van der Waals surface area contributed by atoms with E-state index in [2.05, 4.69) is 36.5 Å². The lowest BCUT2D eigenvalue weighted by Gasteiger charge is -2.37. The second-order valence-electron chi connectivity index (χ2n) is 7.52. The minimum Gasteiger partial charge on any atom is -0.481 e. The van der Waals surface area contributed by atoms with E-state index >= 15 is 0 Å². The maximum atomic E-state index is 12.3. The predicted molar refractivity (Wildman–Crippen MR) is 94.1 cm³/mol. The van der Waals surface area contributed by atoms with Crippen LogP contribution >= 0.6 is 0 Å². The van der Waals surface area contributed by atoms with E-state index in [0.717, 1.165) is 31.4 Å². The molecule has 1 heterocycles. The second-order valence-corrected chi connectivity index (χ2v) is 7.52. The van der Waals surface area contributed by atoms with Gasteiger partial charge in [0.05, 0.1) is 11.5 Å². The highest BCUT2D eigenvalue weighted by Gasteiger charge is 2.46. The van der Waals surface area contributed by atoms with E-state index in [-0.39, 0.29) is 24.3 Å². The molecule has 2 atom stereocenters. The molecule has 5 heteroatoms. The van der Waals surface area contributed by atoms with Crippen molar-refractivity contribution in [3.8, 4) is 0 Å². The van der Waals surface area contributed by atoms with Crippen LogP contribution in [0.15, 0.2) is 24.3 Å². The van der Waals surface area contributed by atoms with Crippen molar-refractivity contribution in [1.29, 1.82) is 0 Å². The number of aliphatic carboxylic acids is 1. The lowest BCUT2D eigenvalue weighted by molar-refractivity contribution is -0.157. The summed E-state index contributed by atoms with van der Waals surface area (Å²) in [5, 5.41) is 12.3. The number of rotatable bonds is 6. The Hall–Kier alpha value is -1.88. The highest BCUT2D eigenvalue weighted by molar-refractivity contribution is 5.85. The molecule has 1 saturated carbocycles. The molecule has 0 spiro atoms. The van der Waals surface area contributed by atoms with Crippen molar-refractivity contribution >= 4 is 11.9 Å². The van der Waals surface area contributed by atoms with Crippen molar-refractivity contribution < 1.29 is 19.4 Å². The Balaban J connectivity index is 1.57. The minimum absolute atomic E-state index is 0.00760. The van der Waals surface area contributed by atoms with E-state index < -0.39 is 11.4 Å². The molecule has 1 amide bonds. The Morgan fingerprint density at radius 1 is 1.24 bits per heavy atom. The molecule has 136 valence electrons. The number of benzene rings is 1. The largest absolute Gasteiger partial charge is 0.481 e. The van der Waals surface area contributed by atoms with Gasteiger partial charge in [-0.15, -0.1) is 0 Å². The van der Waals surface area contributed by atoms with E-state index in [4.69, 9.17) is 4.74 Å². The summed E-state index contributed by atoms with van der Waals surface area (Å²) in [6, 6.07) is 8.34. The van der Waals surface area contributed by atoms with Gasteiger partial charge in [-0.2, -0.15) is 0 Å². The maximum Gasteiger partial charge on any atom is 0.310 e. The summed E-state index contributed by atoms with van der Waals surface area (Å²) in [7, 11) is 0. The van der Waals surface area contributed by atoms with Gasteiger partial charge < -0.3 is 15.2 Å². The third kappa shape index (κ3) is 4.03. The van der Waals surface area contributed by atoms with Gasteiger partial charge in [-0.25, -0.2) is 0 Å². The molecule has 25 heavy (non-hydrogen) atoms. The van der Waals surface area contributed by atoms with Crippen LogP contribution in [0.1, 0.15) is 55.8 Å². The fraction of sp³-hybridized carbons (Fsp3) is 0.600. The Morgan fingerprint density at radius 3 is 2.56 bits per heavy atom. The van der Waals surface area contributed by atoms with Crippen LogP contribution in [0.3, 0.4) is 0 Å². The van der Waals surface area contributed by atoms with Crippen molar-refractivity contribution in [2.45, 2.75) is 51.6 Å². The van der Waals surface area contributed by atoms with E-state index in [1.165, 1.54) is 5.56 Å². The first kappa shape index (κ1) is 17.9. The first-order chi connectivity index (χ1) is 12.0. The highest BCUT2D eigenvalue weighted by atomic mass is 16.5. The van der Waals surface area contributed by atoms with Crippen LogP contribution in [0, 0.1) is 18.3 Å². The molecule has 0 aromatic heterocycles. The number of carbonyl (C=O) groups is 2. The van der Waals surface area contributed by atoms with Crippen molar-refractivity contribution in [2.75, 3.05) is 13.2 Å². The minimum atomic E-state index is -0.840. The van der Waals surface area contributed by atoms with Crippen molar-refractivity contribution in [3.05, 3.63) is 35.4 Å². The number of carboxylic acid groups (broad SMARTS) is 1. The average Bonchev–Trinajstić information content (AvgIpc) is 2.57. The zero-order valence-corrected chi connectivity index (χ0v) is 14.8. The van der Waals surface area contributed by atoms with E-state index in [1.807, 2.05) is 0 Å². The number of nitrogens with one attached hydrogen (secondary N) is 1. The Kier molecular flexibility index (Phi) is 5.42. The third-order valence-corrected chi connectivity index (χ3v) is 5.68. The molecule has 0 radical (unpaired) electrons. The molecule has 5 nitrogen and oxygen atoms in total. The van der Waals surface area contributed by atoms with Crippen LogP contribution in [0.4, 0.5) is 0 Å². The van der Waals surface area contributed by atoms with E-state index in [0.29, 0.717) is 19.4 Å². The van der Waals surface area contributed by atoms with Gasteiger partial charge in [0.15, 0.2) is 0 Å². The second kappa shape index (κ2) is 7.56.